The average molecular weight is 293 g/mol. The lowest BCUT2D eigenvalue weighted by molar-refractivity contribution is -0.141. The van der Waals surface area contributed by atoms with Gasteiger partial charge in [0.25, 0.3) is 0 Å². The summed E-state index contributed by atoms with van der Waals surface area (Å²) in [6.45, 7) is 0. The van der Waals surface area contributed by atoms with Crippen LogP contribution in [0.1, 0.15) is 11.3 Å². The fraction of sp³-hybridized carbons (Fsp3) is 0.143. The lowest BCUT2D eigenvalue weighted by Crippen LogP contribution is -2.08. The Morgan fingerprint density at radius 2 is 1.90 bits per heavy atom. The molecule has 21 heavy (non-hydrogen) atoms. The van der Waals surface area contributed by atoms with Gasteiger partial charge in [-0.2, -0.15) is 18.4 Å². The molecule has 0 aliphatic carbocycles. The van der Waals surface area contributed by atoms with Crippen molar-refractivity contribution in [2.75, 3.05) is 5.73 Å². The number of pyridine rings is 1. The average Bonchev–Trinajstić information content (AvgIpc) is 2.42. The molecule has 0 bridgehead atoms. The molecule has 0 fully saturated rings. The molecule has 0 unspecified atom stereocenters. The van der Waals surface area contributed by atoms with E-state index < -0.39 is 11.9 Å². The first-order valence-electron chi connectivity index (χ1n) is 5.86. The third kappa shape index (κ3) is 3.63. The lowest BCUT2D eigenvalue weighted by Gasteiger charge is -2.11. The summed E-state index contributed by atoms with van der Waals surface area (Å²) < 4.78 is 43.1. The Balaban J connectivity index is 2.25. The van der Waals surface area contributed by atoms with Gasteiger partial charge in [0.2, 0.25) is 0 Å². The highest BCUT2D eigenvalue weighted by molar-refractivity contribution is 5.53. The van der Waals surface area contributed by atoms with Crippen molar-refractivity contribution < 1.29 is 17.9 Å². The zero-order valence-electron chi connectivity index (χ0n) is 10.7. The van der Waals surface area contributed by atoms with E-state index in [0.29, 0.717) is 5.75 Å². The van der Waals surface area contributed by atoms with Crippen LogP contribution in [0.3, 0.4) is 0 Å². The van der Waals surface area contributed by atoms with Crippen molar-refractivity contribution in [3.8, 4) is 17.6 Å². The third-order valence-corrected chi connectivity index (χ3v) is 2.62. The van der Waals surface area contributed by atoms with E-state index in [1.165, 1.54) is 0 Å². The number of nitrogens with two attached hydrogens (primary N) is 1. The number of alkyl halides is 3. The highest BCUT2D eigenvalue weighted by Gasteiger charge is 2.33. The molecule has 2 N–H and O–H groups in total. The number of rotatable bonds is 3. The zero-order valence-corrected chi connectivity index (χ0v) is 10.7. The number of halogens is 3. The van der Waals surface area contributed by atoms with Crippen molar-refractivity contribution in [3.63, 3.8) is 0 Å². The van der Waals surface area contributed by atoms with Crippen LogP contribution in [-0.4, -0.2) is 4.98 Å². The minimum Gasteiger partial charge on any atom is -0.455 e. The van der Waals surface area contributed by atoms with Gasteiger partial charge in [-0.1, -0.05) is 12.1 Å². The molecule has 1 heterocycles. The topological polar surface area (TPSA) is 71.9 Å². The Labute approximate surface area is 118 Å². The molecule has 2 rings (SSSR count). The van der Waals surface area contributed by atoms with E-state index in [1.54, 1.807) is 24.3 Å². The summed E-state index contributed by atoms with van der Waals surface area (Å²) in [6.07, 6.45) is -3.42. The molecule has 0 saturated carbocycles. The standard InChI is InChI=1S/C14H10F3N3O/c15-14(16,17)13-7-12(11(19)8-20-13)21-10-3-1-9(2-4-10)5-6-18/h1-4,7-8H,5,19H2. The molecule has 108 valence electrons. The van der Waals surface area contributed by atoms with E-state index in [9.17, 15) is 13.2 Å². The van der Waals surface area contributed by atoms with Gasteiger partial charge in [-0.25, -0.2) is 4.98 Å². The number of nitrogens with zero attached hydrogens (tertiary/aromatic N) is 2. The molecule has 4 nitrogen and oxygen atoms in total. The Bertz CT molecular complexity index is 675. The van der Waals surface area contributed by atoms with Crippen LogP contribution in [0, 0.1) is 11.3 Å². The van der Waals surface area contributed by atoms with Crippen molar-refractivity contribution in [2.45, 2.75) is 12.6 Å². The summed E-state index contributed by atoms with van der Waals surface area (Å²) >= 11 is 0. The number of anilines is 1. The van der Waals surface area contributed by atoms with Crippen molar-refractivity contribution in [1.29, 1.82) is 5.26 Å². The van der Waals surface area contributed by atoms with Crippen LogP contribution in [0.15, 0.2) is 36.5 Å². The molecule has 0 amide bonds. The molecule has 0 aliphatic rings. The van der Waals surface area contributed by atoms with E-state index in [4.69, 9.17) is 15.7 Å². The fourth-order valence-electron chi connectivity index (χ4n) is 1.58. The molecule has 0 saturated heterocycles. The van der Waals surface area contributed by atoms with Crippen molar-refractivity contribution in [3.05, 3.63) is 47.8 Å². The maximum absolute atomic E-state index is 12.6. The molecular weight excluding hydrogens is 283 g/mol. The molecule has 2 aromatic rings. The first kappa shape index (κ1) is 14.7. The molecule has 0 aliphatic heterocycles. The maximum Gasteiger partial charge on any atom is 0.433 e. The number of nitriles is 1. The predicted molar refractivity (Wildman–Crippen MR) is 69.5 cm³/mol. The maximum atomic E-state index is 12.6. The molecule has 0 spiro atoms. The number of benzene rings is 1. The molecular formula is C14H10F3N3O. The summed E-state index contributed by atoms with van der Waals surface area (Å²) in [5, 5.41) is 8.56. The van der Waals surface area contributed by atoms with Crippen LogP contribution in [0.25, 0.3) is 0 Å². The van der Waals surface area contributed by atoms with Crippen LogP contribution < -0.4 is 10.5 Å². The summed E-state index contributed by atoms with van der Waals surface area (Å²) in [6, 6.07) is 9.16. The Hall–Kier alpha value is -2.75. The monoisotopic (exact) mass is 293 g/mol. The number of nitrogen functional groups attached to an aromatic ring is 1. The lowest BCUT2D eigenvalue weighted by atomic mass is 10.2. The van der Waals surface area contributed by atoms with Crippen LogP contribution >= 0.6 is 0 Å². The summed E-state index contributed by atoms with van der Waals surface area (Å²) in [5.74, 6) is 0.202. The second-order valence-corrected chi connectivity index (χ2v) is 4.19. The van der Waals surface area contributed by atoms with Gasteiger partial charge in [0.1, 0.15) is 11.4 Å². The second kappa shape index (κ2) is 5.71. The summed E-state index contributed by atoms with van der Waals surface area (Å²) in [5.41, 5.74) is 5.27. The van der Waals surface area contributed by atoms with E-state index in [2.05, 4.69) is 4.98 Å². The molecule has 0 atom stereocenters. The number of hydrogen-bond acceptors (Lipinski definition) is 4. The van der Waals surface area contributed by atoms with Crippen LogP contribution in [0.2, 0.25) is 0 Å². The van der Waals surface area contributed by atoms with Gasteiger partial charge in [0.05, 0.1) is 24.4 Å². The Morgan fingerprint density at radius 1 is 1.24 bits per heavy atom. The zero-order chi connectivity index (χ0) is 15.5. The minimum atomic E-state index is -4.57. The largest absolute Gasteiger partial charge is 0.455 e. The highest BCUT2D eigenvalue weighted by atomic mass is 19.4. The first-order valence-corrected chi connectivity index (χ1v) is 5.86. The smallest absolute Gasteiger partial charge is 0.433 e. The highest BCUT2D eigenvalue weighted by Crippen LogP contribution is 2.34. The van der Waals surface area contributed by atoms with Crippen LogP contribution in [-0.2, 0) is 12.6 Å². The van der Waals surface area contributed by atoms with Crippen LogP contribution in [0.5, 0.6) is 11.5 Å². The molecule has 0 radical (unpaired) electrons. The third-order valence-electron chi connectivity index (χ3n) is 2.62. The van der Waals surface area contributed by atoms with Gasteiger partial charge in [-0.3, -0.25) is 0 Å². The SMILES string of the molecule is N#CCc1ccc(Oc2cc(C(F)(F)F)ncc2N)cc1. The number of ether oxygens (including phenoxy) is 1. The Morgan fingerprint density at radius 3 is 2.48 bits per heavy atom. The normalized spacial score (nSPS) is 11.0. The quantitative estimate of drug-likeness (QED) is 0.939. The molecule has 1 aromatic heterocycles. The summed E-state index contributed by atoms with van der Waals surface area (Å²) in [7, 11) is 0. The van der Waals surface area contributed by atoms with Gasteiger partial charge >= 0.3 is 6.18 Å². The fourth-order valence-corrected chi connectivity index (χ4v) is 1.58. The van der Waals surface area contributed by atoms with Gasteiger partial charge in [-0.05, 0) is 17.7 Å². The van der Waals surface area contributed by atoms with Crippen molar-refractivity contribution in [1.82, 2.24) is 4.98 Å². The van der Waals surface area contributed by atoms with Gasteiger partial charge in [0, 0.05) is 6.07 Å². The van der Waals surface area contributed by atoms with E-state index in [1.807, 2.05) is 6.07 Å². The molecule has 7 heteroatoms. The first-order chi connectivity index (χ1) is 9.90. The van der Waals surface area contributed by atoms with Gasteiger partial charge in [0.15, 0.2) is 5.75 Å². The summed E-state index contributed by atoms with van der Waals surface area (Å²) in [4.78, 5) is 3.22. The van der Waals surface area contributed by atoms with Crippen LogP contribution in [0.4, 0.5) is 18.9 Å². The number of aromatic nitrogens is 1. The van der Waals surface area contributed by atoms with Crippen molar-refractivity contribution in [2.24, 2.45) is 0 Å². The molecule has 1 aromatic carbocycles. The van der Waals surface area contributed by atoms with Crippen molar-refractivity contribution >= 4 is 5.69 Å². The second-order valence-electron chi connectivity index (χ2n) is 4.19. The number of hydrogen-bond donors (Lipinski definition) is 1. The van der Waals surface area contributed by atoms with E-state index in [-0.39, 0.29) is 17.9 Å². The minimum absolute atomic E-state index is 0.00380. The van der Waals surface area contributed by atoms with Gasteiger partial charge in [-0.15, -0.1) is 0 Å². The Kier molecular flexibility index (Phi) is 3.98. The van der Waals surface area contributed by atoms with Gasteiger partial charge < -0.3 is 10.5 Å². The predicted octanol–water partition coefficient (Wildman–Crippen LogP) is 3.54. The van der Waals surface area contributed by atoms with E-state index >= 15 is 0 Å². The van der Waals surface area contributed by atoms with E-state index in [0.717, 1.165) is 17.8 Å².